The predicted molar refractivity (Wildman–Crippen MR) is 44.1 cm³/mol. The molecular weight excluding hydrogens is 217 g/mol. The lowest BCUT2D eigenvalue weighted by Gasteiger charge is -2.15. The molecule has 1 rings (SSSR count). The lowest BCUT2D eigenvalue weighted by molar-refractivity contribution is 0.113. The molecule has 6 heteroatoms. The summed E-state index contributed by atoms with van der Waals surface area (Å²) in [7, 11) is 0. The fourth-order valence-corrected chi connectivity index (χ4v) is 1.25. The van der Waals surface area contributed by atoms with E-state index < -0.39 is 41.9 Å². The maximum absolute atomic E-state index is 13.0. The molecule has 1 atom stereocenters. The number of alkyl halides is 2. The SMILES string of the molecule is NCC(c1c(F)cc(F)cc1F)C(F)F. The lowest BCUT2D eigenvalue weighted by Crippen LogP contribution is -2.22. The maximum atomic E-state index is 13.0. The summed E-state index contributed by atoms with van der Waals surface area (Å²) in [6.45, 7) is -0.614. The average molecular weight is 225 g/mol. The van der Waals surface area contributed by atoms with Gasteiger partial charge in [0.1, 0.15) is 17.5 Å². The van der Waals surface area contributed by atoms with Gasteiger partial charge in [-0.2, -0.15) is 0 Å². The Balaban J connectivity index is 3.23. The van der Waals surface area contributed by atoms with Gasteiger partial charge in [0.2, 0.25) is 6.43 Å². The minimum atomic E-state index is -3.00. The van der Waals surface area contributed by atoms with Crippen molar-refractivity contribution in [1.29, 1.82) is 0 Å². The van der Waals surface area contributed by atoms with Crippen molar-refractivity contribution in [2.45, 2.75) is 12.3 Å². The zero-order valence-corrected chi connectivity index (χ0v) is 7.48. The quantitative estimate of drug-likeness (QED) is 0.785. The zero-order valence-electron chi connectivity index (χ0n) is 7.48. The Kier molecular flexibility index (Phi) is 3.62. The van der Waals surface area contributed by atoms with E-state index in [9.17, 15) is 22.0 Å². The Morgan fingerprint density at radius 1 is 1.07 bits per heavy atom. The standard InChI is InChI=1S/C9H8F5N/c10-4-1-6(11)8(7(12)2-4)5(3-15)9(13)14/h1-2,5,9H,3,15H2. The van der Waals surface area contributed by atoms with E-state index >= 15 is 0 Å². The Labute approximate surface area is 82.7 Å². The first-order chi connectivity index (χ1) is 6.97. The molecule has 1 nitrogen and oxygen atoms in total. The van der Waals surface area contributed by atoms with Crippen molar-refractivity contribution in [3.8, 4) is 0 Å². The normalized spacial score (nSPS) is 13.3. The number of hydrogen-bond donors (Lipinski definition) is 1. The minimum Gasteiger partial charge on any atom is -0.330 e. The highest BCUT2D eigenvalue weighted by Gasteiger charge is 2.27. The van der Waals surface area contributed by atoms with Crippen LogP contribution in [0, 0.1) is 17.5 Å². The van der Waals surface area contributed by atoms with Crippen molar-refractivity contribution in [1.82, 2.24) is 0 Å². The first-order valence-corrected chi connectivity index (χ1v) is 4.10. The summed E-state index contributed by atoms with van der Waals surface area (Å²) in [6, 6.07) is 0.701. The van der Waals surface area contributed by atoms with Gasteiger partial charge in [0.05, 0.1) is 5.92 Å². The summed E-state index contributed by atoms with van der Waals surface area (Å²) >= 11 is 0. The van der Waals surface area contributed by atoms with Crippen molar-refractivity contribution in [2.24, 2.45) is 5.73 Å². The third-order valence-corrected chi connectivity index (χ3v) is 1.97. The monoisotopic (exact) mass is 225 g/mol. The highest BCUT2D eigenvalue weighted by molar-refractivity contribution is 5.25. The van der Waals surface area contributed by atoms with E-state index in [1.165, 1.54) is 0 Å². The molecule has 0 fully saturated rings. The summed E-state index contributed by atoms with van der Waals surface area (Å²) in [5, 5.41) is 0. The van der Waals surface area contributed by atoms with Crippen molar-refractivity contribution < 1.29 is 22.0 Å². The summed E-state index contributed by atoms with van der Waals surface area (Å²) < 4.78 is 63.2. The van der Waals surface area contributed by atoms with Crippen molar-refractivity contribution >= 4 is 0 Å². The van der Waals surface area contributed by atoms with Crippen LogP contribution in [-0.2, 0) is 0 Å². The molecule has 2 N–H and O–H groups in total. The van der Waals surface area contributed by atoms with Gasteiger partial charge in [0, 0.05) is 24.2 Å². The zero-order chi connectivity index (χ0) is 11.6. The Bertz CT molecular complexity index is 329. The van der Waals surface area contributed by atoms with E-state index in [1.807, 2.05) is 0 Å². The lowest BCUT2D eigenvalue weighted by atomic mass is 9.98. The minimum absolute atomic E-state index is 0.351. The van der Waals surface area contributed by atoms with Crippen LogP contribution in [-0.4, -0.2) is 13.0 Å². The van der Waals surface area contributed by atoms with E-state index in [0.29, 0.717) is 12.1 Å². The number of halogens is 5. The molecule has 1 aromatic carbocycles. The largest absolute Gasteiger partial charge is 0.330 e. The van der Waals surface area contributed by atoms with Gasteiger partial charge in [-0.3, -0.25) is 0 Å². The predicted octanol–water partition coefficient (Wildman–Crippen LogP) is 2.41. The first kappa shape index (κ1) is 11.9. The molecule has 0 saturated heterocycles. The molecular formula is C9H8F5N. The topological polar surface area (TPSA) is 26.0 Å². The van der Waals surface area contributed by atoms with Crippen LogP contribution >= 0.6 is 0 Å². The van der Waals surface area contributed by atoms with Crippen molar-refractivity contribution in [3.63, 3.8) is 0 Å². The molecule has 0 heterocycles. The van der Waals surface area contributed by atoms with Gasteiger partial charge < -0.3 is 5.73 Å². The number of benzene rings is 1. The van der Waals surface area contributed by atoms with Crippen LogP contribution in [0.1, 0.15) is 11.5 Å². The second-order valence-corrected chi connectivity index (χ2v) is 2.96. The van der Waals surface area contributed by atoms with E-state index in [4.69, 9.17) is 5.73 Å². The summed E-state index contributed by atoms with van der Waals surface area (Å²) in [4.78, 5) is 0. The first-order valence-electron chi connectivity index (χ1n) is 4.10. The van der Waals surface area contributed by atoms with Crippen LogP contribution in [0.15, 0.2) is 12.1 Å². The fourth-order valence-electron chi connectivity index (χ4n) is 1.25. The highest BCUT2D eigenvalue weighted by atomic mass is 19.3. The van der Waals surface area contributed by atoms with Crippen LogP contribution in [0.4, 0.5) is 22.0 Å². The van der Waals surface area contributed by atoms with Crippen LogP contribution in [0.5, 0.6) is 0 Å². The molecule has 0 aliphatic carbocycles. The maximum Gasteiger partial charge on any atom is 0.246 e. The van der Waals surface area contributed by atoms with Gasteiger partial charge in [-0.25, -0.2) is 22.0 Å². The van der Waals surface area contributed by atoms with E-state index in [1.54, 1.807) is 0 Å². The Morgan fingerprint density at radius 2 is 1.53 bits per heavy atom. The van der Waals surface area contributed by atoms with Crippen LogP contribution in [0.3, 0.4) is 0 Å². The average Bonchev–Trinajstić information content (AvgIpc) is 2.09. The molecule has 0 bridgehead atoms. The van der Waals surface area contributed by atoms with Crippen LogP contribution in [0.2, 0.25) is 0 Å². The summed E-state index contributed by atoms with van der Waals surface area (Å²) in [5.41, 5.74) is 4.11. The van der Waals surface area contributed by atoms with Crippen molar-refractivity contribution in [3.05, 3.63) is 35.1 Å². The molecule has 0 aromatic heterocycles. The number of hydrogen-bond acceptors (Lipinski definition) is 1. The molecule has 1 aromatic rings. The van der Waals surface area contributed by atoms with Crippen molar-refractivity contribution in [2.75, 3.05) is 6.54 Å². The third kappa shape index (κ3) is 2.44. The molecule has 0 aliphatic rings. The van der Waals surface area contributed by atoms with Gasteiger partial charge in [-0.05, 0) is 0 Å². The molecule has 0 aliphatic heterocycles. The molecule has 15 heavy (non-hydrogen) atoms. The second kappa shape index (κ2) is 4.57. The van der Waals surface area contributed by atoms with Gasteiger partial charge in [0.25, 0.3) is 0 Å². The number of nitrogens with two attached hydrogens (primary N) is 1. The van der Waals surface area contributed by atoms with Gasteiger partial charge >= 0.3 is 0 Å². The molecule has 0 amide bonds. The molecule has 84 valence electrons. The number of rotatable bonds is 3. The second-order valence-electron chi connectivity index (χ2n) is 2.96. The van der Waals surface area contributed by atoms with E-state index in [2.05, 4.69) is 0 Å². The van der Waals surface area contributed by atoms with Crippen LogP contribution < -0.4 is 5.73 Å². The highest BCUT2D eigenvalue weighted by Crippen LogP contribution is 2.27. The third-order valence-electron chi connectivity index (χ3n) is 1.97. The Hall–Kier alpha value is -1.17. The summed E-state index contributed by atoms with van der Waals surface area (Å²) in [6.07, 6.45) is -3.00. The fraction of sp³-hybridized carbons (Fsp3) is 0.333. The summed E-state index contributed by atoms with van der Waals surface area (Å²) in [5.74, 6) is -5.60. The molecule has 0 radical (unpaired) electrons. The Morgan fingerprint density at radius 3 is 1.87 bits per heavy atom. The molecule has 0 saturated carbocycles. The van der Waals surface area contributed by atoms with Crippen LogP contribution in [0.25, 0.3) is 0 Å². The van der Waals surface area contributed by atoms with Gasteiger partial charge in [-0.1, -0.05) is 0 Å². The van der Waals surface area contributed by atoms with E-state index in [-0.39, 0.29) is 0 Å². The smallest absolute Gasteiger partial charge is 0.246 e. The van der Waals surface area contributed by atoms with Gasteiger partial charge in [-0.15, -0.1) is 0 Å². The van der Waals surface area contributed by atoms with E-state index in [0.717, 1.165) is 0 Å². The molecule has 1 unspecified atom stereocenters. The van der Waals surface area contributed by atoms with Gasteiger partial charge in [0.15, 0.2) is 0 Å². The molecule has 0 spiro atoms.